The van der Waals surface area contributed by atoms with Crippen molar-refractivity contribution >= 4 is 41.4 Å². The number of rotatable bonds is 7. The molecular weight excluding hydrogens is 632 g/mol. The number of aromatic nitrogens is 1. The van der Waals surface area contributed by atoms with E-state index in [0.717, 1.165) is 16.7 Å². The van der Waals surface area contributed by atoms with Gasteiger partial charge in [-0.15, -0.1) is 12.4 Å². The van der Waals surface area contributed by atoms with Gasteiger partial charge < -0.3 is 5.32 Å². The van der Waals surface area contributed by atoms with Crippen LogP contribution in [-0.4, -0.2) is 41.1 Å². The summed E-state index contributed by atoms with van der Waals surface area (Å²) in [5, 5.41) is 2.93. The minimum Gasteiger partial charge on any atom is -0.322 e. The second-order valence-electron chi connectivity index (χ2n) is 12.3. The summed E-state index contributed by atoms with van der Waals surface area (Å²) in [6, 6.07) is 32.2. The van der Waals surface area contributed by atoms with Crippen molar-refractivity contribution in [3.63, 3.8) is 0 Å². The molecule has 0 radical (unpaired) electrons. The predicted octanol–water partition coefficient (Wildman–Crippen LogP) is 8.20. The van der Waals surface area contributed by atoms with E-state index < -0.39 is 40.5 Å². The van der Waals surface area contributed by atoms with Crippen LogP contribution >= 0.6 is 12.4 Å². The Kier molecular flexibility index (Phi) is 8.81. The molecule has 4 aromatic carbocycles. The van der Waals surface area contributed by atoms with Crippen LogP contribution in [0.2, 0.25) is 0 Å². The van der Waals surface area contributed by atoms with Crippen molar-refractivity contribution in [2.24, 2.45) is 0 Å². The first-order valence-electron chi connectivity index (χ1n) is 15.6. The third-order valence-electron chi connectivity index (χ3n) is 9.41. The van der Waals surface area contributed by atoms with Gasteiger partial charge in [-0.25, -0.2) is 18.1 Å². The average molecular weight is 665 g/mol. The third-order valence-corrected chi connectivity index (χ3v) is 9.41. The molecule has 7 rings (SSSR count). The Morgan fingerprint density at radius 3 is 2.35 bits per heavy atom. The summed E-state index contributed by atoms with van der Waals surface area (Å²) in [5.74, 6) is -5.79. The molecule has 3 unspecified atom stereocenters. The number of pyridine rings is 1. The van der Waals surface area contributed by atoms with E-state index >= 15 is 8.78 Å². The number of hydrogen-bond donors (Lipinski definition) is 1. The van der Waals surface area contributed by atoms with Crippen LogP contribution in [0.4, 0.5) is 20.2 Å². The molecule has 5 aromatic rings. The maximum absolute atomic E-state index is 15.7. The quantitative estimate of drug-likeness (QED) is 0.178. The number of alkyl halides is 2. The first-order valence-corrected chi connectivity index (χ1v) is 15.6. The summed E-state index contributed by atoms with van der Waals surface area (Å²) in [7, 11) is 0. The lowest BCUT2D eigenvalue weighted by atomic mass is 9.80. The maximum atomic E-state index is 15.7. The second-order valence-corrected chi connectivity index (χ2v) is 12.3. The number of ketones is 1. The summed E-state index contributed by atoms with van der Waals surface area (Å²) in [5.41, 5.74) is 5.26. The highest BCUT2D eigenvalue weighted by atomic mass is 35.5. The minimum absolute atomic E-state index is 0. The predicted molar refractivity (Wildman–Crippen MR) is 185 cm³/mol. The molecule has 242 valence electrons. The van der Waals surface area contributed by atoms with E-state index in [4.69, 9.17) is 0 Å². The number of fused-ring (bicyclic) bond motifs is 5. The number of carbonyl (C=O) groups excluding carboxylic acids is 3. The summed E-state index contributed by atoms with van der Waals surface area (Å²) < 4.78 is 30.9. The fourth-order valence-electron chi connectivity index (χ4n) is 7.31. The average Bonchev–Trinajstić information content (AvgIpc) is 3.35. The molecule has 1 aromatic heterocycles. The smallest absolute Gasteiger partial charge is 0.322 e. The molecule has 1 saturated heterocycles. The van der Waals surface area contributed by atoms with Gasteiger partial charge in [-0.05, 0) is 66.6 Å². The lowest BCUT2D eigenvalue weighted by Crippen LogP contribution is -2.68. The van der Waals surface area contributed by atoms with Gasteiger partial charge in [0.2, 0.25) is 0 Å². The molecule has 3 atom stereocenters. The number of nitrogens with zero attached hydrogens (tertiary/aromatic N) is 2. The Morgan fingerprint density at radius 1 is 0.875 bits per heavy atom. The first kappa shape index (κ1) is 32.9. The van der Waals surface area contributed by atoms with Crippen molar-refractivity contribution in [3.8, 4) is 11.1 Å². The number of hydrogen-bond acceptors (Lipinski definition) is 4. The number of benzene rings is 4. The van der Waals surface area contributed by atoms with Crippen LogP contribution in [0.25, 0.3) is 11.1 Å². The number of piperidine rings is 1. The fourth-order valence-corrected chi connectivity index (χ4v) is 7.31. The molecule has 0 spiro atoms. The topological polar surface area (TPSA) is 76.1 Å². The molecule has 1 N–H and O–H groups in total. The van der Waals surface area contributed by atoms with Crippen molar-refractivity contribution in [2.75, 3.05) is 11.9 Å². The molecule has 1 fully saturated rings. The lowest BCUT2D eigenvalue weighted by Gasteiger charge is -2.43. The van der Waals surface area contributed by atoms with E-state index in [-0.39, 0.29) is 36.8 Å². The lowest BCUT2D eigenvalue weighted by molar-refractivity contribution is -0.133. The largest absolute Gasteiger partial charge is 0.351 e. The Hall–Kier alpha value is -5.05. The van der Waals surface area contributed by atoms with E-state index in [1.54, 1.807) is 85.1 Å². The van der Waals surface area contributed by atoms with Crippen LogP contribution in [0, 0.1) is 6.92 Å². The van der Waals surface area contributed by atoms with Gasteiger partial charge in [0.05, 0.1) is 24.9 Å². The van der Waals surface area contributed by atoms with Crippen molar-refractivity contribution in [1.29, 1.82) is 0 Å². The Morgan fingerprint density at radius 2 is 1.60 bits per heavy atom. The highest BCUT2D eigenvalue weighted by Gasteiger charge is 2.70. The van der Waals surface area contributed by atoms with E-state index in [1.807, 2.05) is 43.3 Å². The molecule has 0 saturated carbocycles. The van der Waals surface area contributed by atoms with Gasteiger partial charge in [-0.3, -0.25) is 14.6 Å². The molecule has 0 aliphatic carbocycles. The number of anilines is 1. The van der Waals surface area contributed by atoms with Crippen LogP contribution < -0.4 is 9.80 Å². The number of carbonyl (C=O) groups is 3. The molecular formula is C39H33ClF2N3O3+. The van der Waals surface area contributed by atoms with E-state index in [2.05, 4.69) is 10.3 Å². The van der Waals surface area contributed by atoms with Crippen molar-refractivity contribution in [3.05, 3.63) is 149 Å². The van der Waals surface area contributed by atoms with Gasteiger partial charge in [-0.2, -0.15) is 0 Å². The number of amides is 2. The van der Waals surface area contributed by atoms with Crippen LogP contribution in [0.15, 0.2) is 121 Å². The molecule has 6 nitrogen and oxygen atoms in total. The molecule has 2 aliphatic rings. The normalized spacial score (nSPS) is 20.2. The van der Waals surface area contributed by atoms with Crippen LogP contribution in [0.3, 0.4) is 0 Å². The Labute approximate surface area is 283 Å². The summed E-state index contributed by atoms with van der Waals surface area (Å²) in [6.45, 7) is 1.78. The van der Waals surface area contributed by atoms with Gasteiger partial charge in [0.1, 0.15) is 11.6 Å². The van der Waals surface area contributed by atoms with E-state index in [9.17, 15) is 14.4 Å². The number of nitrogens with one attached hydrogen (secondary N) is 1. The van der Waals surface area contributed by atoms with Crippen LogP contribution in [0.5, 0.6) is 0 Å². The molecule has 3 heterocycles. The highest BCUT2D eigenvalue weighted by molar-refractivity contribution is 6.11. The fraction of sp³-hybridized carbons (Fsp3) is 0.179. The highest BCUT2D eigenvalue weighted by Crippen LogP contribution is 2.58. The third kappa shape index (κ3) is 5.61. The Balaban J connectivity index is 0.00000401. The molecule has 9 heteroatoms. The second kappa shape index (κ2) is 12.9. The molecule has 2 amide bonds. The summed E-state index contributed by atoms with van der Waals surface area (Å²) >= 11 is 0. The molecule has 2 bridgehead atoms. The molecule has 2 aliphatic heterocycles. The van der Waals surface area contributed by atoms with Crippen LogP contribution in [0.1, 0.15) is 49.9 Å². The maximum Gasteiger partial charge on any atom is 0.351 e. The number of quaternary nitrogens is 1. The first-order chi connectivity index (χ1) is 22.7. The summed E-state index contributed by atoms with van der Waals surface area (Å²) in [4.78, 5) is 46.2. The zero-order valence-electron chi connectivity index (χ0n) is 26.1. The zero-order chi connectivity index (χ0) is 32.8. The van der Waals surface area contributed by atoms with Crippen molar-refractivity contribution in [2.45, 2.75) is 37.6 Å². The van der Waals surface area contributed by atoms with Gasteiger partial charge in [0, 0.05) is 28.7 Å². The SMILES string of the molecule is Cc1cccc(-c2ccccc2C(=O)Nc2ccc(C(=O)[N+]34CCC(F)(F)C(c5ccccc53)C4C(=O)Cc3ccccn3)cc2)c1.Cl. The standard InChI is InChI=1S/C39H31F2N3O3.ClH/c1-25-9-8-10-27(23-25)30-12-2-3-13-31(30)37(46)43-28-18-16-26(17-19-28)38(47)44-22-20-39(40,41)35(32-14-4-5-15-33(32)44)36(44)34(45)24-29-11-6-7-21-42-29;/h2-19,21,23,35-36H,20,22,24H2,1H3;1H/p+1. The minimum atomic E-state index is -3.16. The number of halogens is 3. The van der Waals surface area contributed by atoms with Crippen molar-refractivity contribution < 1.29 is 23.2 Å². The van der Waals surface area contributed by atoms with E-state index in [0.29, 0.717) is 28.2 Å². The van der Waals surface area contributed by atoms with Gasteiger partial charge in [0.25, 0.3) is 11.8 Å². The molecule has 48 heavy (non-hydrogen) atoms. The number of para-hydroxylation sites is 1. The van der Waals surface area contributed by atoms with Crippen molar-refractivity contribution in [1.82, 2.24) is 9.47 Å². The van der Waals surface area contributed by atoms with Crippen LogP contribution in [-0.2, 0) is 11.2 Å². The Bertz CT molecular complexity index is 2020. The number of Topliss-reactive ketones (excluding diaryl/α,β-unsaturated/α-hetero) is 1. The van der Waals surface area contributed by atoms with Gasteiger partial charge in [0.15, 0.2) is 11.8 Å². The van der Waals surface area contributed by atoms with Gasteiger partial charge in [-0.1, -0.05) is 72.3 Å². The number of aryl methyl sites for hydroxylation is 1. The zero-order valence-corrected chi connectivity index (χ0v) is 26.9. The van der Waals surface area contributed by atoms with Gasteiger partial charge >= 0.3 is 5.91 Å². The monoisotopic (exact) mass is 664 g/mol. The summed E-state index contributed by atoms with van der Waals surface area (Å²) in [6.07, 6.45) is 0.868. The van der Waals surface area contributed by atoms with E-state index in [1.165, 1.54) is 0 Å².